The summed E-state index contributed by atoms with van der Waals surface area (Å²) in [7, 11) is 0. The molecule has 68 valence electrons. The van der Waals surface area contributed by atoms with Gasteiger partial charge in [-0.3, -0.25) is 0 Å². The predicted octanol–water partition coefficient (Wildman–Crippen LogP) is 0.454. The molecule has 3 heteroatoms. The summed E-state index contributed by atoms with van der Waals surface area (Å²) in [6.07, 6.45) is -0.361. The topological polar surface area (TPSA) is 64.2 Å². The number of rotatable bonds is 3. The zero-order valence-electron chi connectivity index (χ0n) is 7.14. The predicted molar refractivity (Wildman–Crippen MR) is 48.0 cm³/mol. The third-order valence-electron chi connectivity index (χ3n) is 1.74. The van der Waals surface area contributed by atoms with Gasteiger partial charge in [0.25, 0.3) is 0 Å². The first-order chi connectivity index (χ1) is 6.26. The van der Waals surface area contributed by atoms with Gasteiger partial charge in [-0.1, -0.05) is 12.1 Å². The first-order valence-electron chi connectivity index (χ1n) is 4.04. The largest absolute Gasteiger partial charge is 0.394 e. The van der Waals surface area contributed by atoms with Crippen LogP contribution in [-0.2, 0) is 6.42 Å². The number of hydrogen-bond acceptors (Lipinski definition) is 3. The molecule has 0 aliphatic carbocycles. The summed E-state index contributed by atoms with van der Waals surface area (Å²) in [4.78, 5) is 0. The van der Waals surface area contributed by atoms with Gasteiger partial charge in [-0.15, -0.1) is 0 Å². The van der Waals surface area contributed by atoms with Crippen molar-refractivity contribution in [2.45, 2.75) is 12.5 Å². The van der Waals surface area contributed by atoms with Crippen LogP contribution in [0.25, 0.3) is 0 Å². The van der Waals surface area contributed by atoms with E-state index in [4.69, 9.17) is 15.5 Å². The maximum Gasteiger partial charge on any atom is 0.0991 e. The van der Waals surface area contributed by atoms with Crippen molar-refractivity contribution >= 4 is 0 Å². The van der Waals surface area contributed by atoms with Gasteiger partial charge in [-0.25, -0.2) is 0 Å². The van der Waals surface area contributed by atoms with Crippen LogP contribution < -0.4 is 0 Å². The number of nitrogens with zero attached hydrogens (tertiary/aromatic N) is 1. The van der Waals surface area contributed by atoms with E-state index >= 15 is 0 Å². The van der Waals surface area contributed by atoms with Crippen molar-refractivity contribution in [2.75, 3.05) is 6.61 Å². The Labute approximate surface area is 76.9 Å². The molecule has 0 amide bonds. The Balaban J connectivity index is 2.73. The van der Waals surface area contributed by atoms with Crippen LogP contribution in [0, 0.1) is 11.3 Å². The van der Waals surface area contributed by atoms with E-state index in [-0.39, 0.29) is 6.61 Å². The molecule has 3 nitrogen and oxygen atoms in total. The molecule has 1 aromatic carbocycles. The van der Waals surface area contributed by atoms with Crippen LogP contribution in [0.15, 0.2) is 24.3 Å². The van der Waals surface area contributed by atoms with Gasteiger partial charge < -0.3 is 10.2 Å². The minimum Gasteiger partial charge on any atom is -0.394 e. The number of nitriles is 1. The summed E-state index contributed by atoms with van der Waals surface area (Å²) in [5.41, 5.74) is 1.43. The van der Waals surface area contributed by atoms with Crippen LogP contribution in [0.2, 0.25) is 0 Å². The Kier molecular flexibility index (Phi) is 3.44. The van der Waals surface area contributed by atoms with Gasteiger partial charge in [-0.05, 0) is 17.7 Å². The molecule has 0 aliphatic rings. The van der Waals surface area contributed by atoms with Crippen molar-refractivity contribution in [1.82, 2.24) is 0 Å². The fourth-order valence-corrected chi connectivity index (χ4v) is 1.10. The fourth-order valence-electron chi connectivity index (χ4n) is 1.10. The smallest absolute Gasteiger partial charge is 0.0991 e. The molecule has 0 unspecified atom stereocenters. The summed E-state index contributed by atoms with van der Waals surface area (Å²) in [5, 5.41) is 26.3. The third-order valence-corrected chi connectivity index (χ3v) is 1.74. The summed E-state index contributed by atoms with van der Waals surface area (Å²) in [6, 6.07) is 9.01. The Bertz CT molecular complexity index is 317. The van der Waals surface area contributed by atoms with Crippen molar-refractivity contribution in [3.05, 3.63) is 35.4 Å². The van der Waals surface area contributed by atoms with Gasteiger partial charge in [0, 0.05) is 6.42 Å². The molecular weight excluding hydrogens is 166 g/mol. The summed E-state index contributed by atoms with van der Waals surface area (Å²) in [5.74, 6) is 0. The van der Waals surface area contributed by atoms with Crippen LogP contribution in [0.3, 0.4) is 0 Å². The molecule has 2 N–H and O–H groups in total. The van der Waals surface area contributed by atoms with E-state index in [0.29, 0.717) is 12.0 Å². The van der Waals surface area contributed by atoms with Gasteiger partial charge in [0.05, 0.1) is 24.3 Å². The second kappa shape index (κ2) is 4.61. The van der Waals surface area contributed by atoms with Gasteiger partial charge in [0.15, 0.2) is 0 Å². The van der Waals surface area contributed by atoms with E-state index in [1.54, 1.807) is 18.2 Å². The second-order valence-corrected chi connectivity index (χ2v) is 2.85. The fraction of sp³-hybridized carbons (Fsp3) is 0.300. The van der Waals surface area contributed by atoms with E-state index in [9.17, 15) is 0 Å². The van der Waals surface area contributed by atoms with Crippen LogP contribution in [0.5, 0.6) is 0 Å². The maximum absolute atomic E-state index is 9.14. The molecule has 0 fully saturated rings. The molecule has 13 heavy (non-hydrogen) atoms. The monoisotopic (exact) mass is 177 g/mol. The minimum atomic E-state index is -0.742. The lowest BCUT2D eigenvalue weighted by molar-refractivity contribution is 0.0955. The molecule has 1 aromatic rings. The Morgan fingerprint density at radius 2 is 2.23 bits per heavy atom. The van der Waals surface area contributed by atoms with Crippen molar-refractivity contribution < 1.29 is 10.2 Å². The molecule has 0 heterocycles. The number of aliphatic hydroxyl groups excluding tert-OH is 2. The van der Waals surface area contributed by atoms with Crippen LogP contribution in [0.4, 0.5) is 0 Å². The zero-order chi connectivity index (χ0) is 9.68. The molecule has 0 radical (unpaired) electrons. The zero-order valence-corrected chi connectivity index (χ0v) is 7.14. The second-order valence-electron chi connectivity index (χ2n) is 2.85. The highest BCUT2D eigenvalue weighted by Crippen LogP contribution is 2.06. The Morgan fingerprint density at radius 1 is 1.46 bits per heavy atom. The van der Waals surface area contributed by atoms with Gasteiger partial charge in [-0.2, -0.15) is 5.26 Å². The molecule has 0 aromatic heterocycles. The number of benzene rings is 1. The molecule has 0 spiro atoms. The summed E-state index contributed by atoms with van der Waals surface area (Å²) in [6.45, 7) is -0.253. The normalized spacial score (nSPS) is 12.1. The first kappa shape index (κ1) is 9.72. The van der Waals surface area contributed by atoms with Crippen LogP contribution in [-0.4, -0.2) is 22.9 Å². The maximum atomic E-state index is 9.14. The van der Waals surface area contributed by atoms with E-state index in [1.807, 2.05) is 12.1 Å². The number of aliphatic hydroxyl groups is 2. The van der Waals surface area contributed by atoms with E-state index in [0.717, 1.165) is 5.56 Å². The quantitative estimate of drug-likeness (QED) is 0.704. The lowest BCUT2D eigenvalue weighted by Crippen LogP contribution is -2.14. The molecule has 0 saturated heterocycles. The van der Waals surface area contributed by atoms with Crippen molar-refractivity contribution in [2.24, 2.45) is 0 Å². The van der Waals surface area contributed by atoms with Crippen molar-refractivity contribution in [3.8, 4) is 6.07 Å². The third kappa shape index (κ3) is 2.86. The highest BCUT2D eigenvalue weighted by atomic mass is 16.3. The average molecular weight is 177 g/mol. The standard InChI is InChI=1S/C10H11NO2/c11-6-9-3-1-2-8(4-9)5-10(13)7-12/h1-4,10,12-13H,5,7H2/t10-/m1/s1. The van der Waals surface area contributed by atoms with E-state index in [1.165, 1.54) is 0 Å². The first-order valence-corrected chi connectivity index (χ1v) is 4.04. The number of hydrogen-bond donors (Lipinski definition) is 2. The highest BCUT2D eigenvalue weighted by molar-refractivity contribution is 5.32. The molecule has 1 atom stereocenters. The van der Waals surface area contributed by atoms with Crippen LogP contribution in [0.1, 0.15) is 11.1 Å². The molecular formula is C10H11NO2. The molecule has 0 aliphatic heterocycles. The van der Waals surface area contributed by atoms with Crippen molar-refractivity contribution in [1.29, 1.82) is 5.26 Å². The van der Waals surface area contributed by atoms with E-state index in [2.05, 4.69) is 0 Å². The molecule has 1 rings (SSSR count). The average Bonchev–Trinajstić information content (AvgIpc) is 2.18. The lowest BCUT2D eigenvalue weighted by Gasteiger charge is -2.06. The Morgan fingerprint density at radius 3 is 2.85 bits per heavy atom. The van der Waals surface area contributed by atoms with Gasteiger partial charge in [0.2, 0.25) is 0 Å². The molecule has 0 bridgehead atoms. The summed E-state index contributed by atoms with van der Waals surface area (Å²) >= 11 is 0. The van der Waals surface area contributed by atoms with E-state index < -0.39 is 6.10 Å². The van der Waals surface area contributed by atoms with Crippen LogP contribution >= 0.6 is 0 Å². The van der Waals surface area contributed by atoms with Gasteiger partial charge in [0.1, 0.15) is 0 Å². The van der Waals surface area contributed by atoms with Crippen molar-refractivity contribution in [3.63, 3.8) is 0 Å². The summed E-state index contributed by atoms with van der Waals surface area (Å²) < 4.78 is 0. The Hall–Kier alpha value is -1.37. The SMILES string of the molecule is N#Cc1cccc(C[C@@H](O)CO)c1. The lowest BCUT2D eigenvalue weighted by atomic mass is 10.1. The highest BCUT2D eigenvalue weighted by Gasteiger charge is 2.03. The molecule has 0 saturated carbocycles. The van der Waals surface area contributed by atoms with Gasteiger partial charge >= 0.3 is 0 Å². The minimum absolute atomic E-state index is 0.253.